The van der Waals surface area contributed by atoms with Crippen molar-refractivity contribution in [3.8, 4) is 11.6 Å². The molecule has 0 atom stereocenters. The van der Waals surface area contributed by atoms with Crippen molar-refractivity contribution in [3.05, 3.63) is 46.6 Å². The fraction of sp³-hybridized carbons (Fsp3) is 0.333. The highest BCUT2D eigenvalue weighted by Gasteiger charge is 2.17. The highest BCUT2D eigenvalue weighted by atomic mass is 16.6. The van der Waals surface area contributed by atoms with E-state index in [0.717, 1.165) is 6.20 Å². The van der Waals surface area contributed by atoms with E-state index in [4.69, 9.17) is 9.47 Å². The number of amides is 1. The maximum atomic E-state index is 11.9. The number of benzene rings is 1. The van der Waals surface area contributed by atoms with Gasteiger partial charge in [-0.1, -0.05) is 6.07 Å². The summed E-state index contributed by atoms with van der Waals surface area (Å²) in [5.74, 6) is 0.596. The number of rotatable bonds is 6. The molecule has 0 saturated carbocycles. The summed E-state index contributed by atoms with van der Waals surface area (Å²) in [6, 6.07) is 8.11. The Hall–Kier alpha value is -3.36. The van der Waals surface area contributed by atoms with E-state index in [2.05, 4.69) is 15.6 Å². The molecular formula is C18H22N4O5. The van der Waals surface area contributed by atoms with Crippen LogP contribution >= 0.6 is 0 Å². The maximum Gasteiger partial charge on any atom is 0.412 e. The number of nitrogens with zero attached hydrogens (tertiary/aromatic N) is 2. The molecule has 0 radical (unpaired) electrons. The van der Waals surface area contributed by atoms with Crippen molar-refractivity contribution in [1.29, 1.82) is 0 Å². The van der Waals surface area contributed by atoms with Crippen LogP contribution in [-0.4, -0.2) is 28.1 Å². The molecule has 9 heteroatoms. The molecule has 2 N–H and O–H groups in total. The number of hydrogen-bond donors (Lipinski definition) is 2. The third-order valence-electron chi connectivity index (χ3n) is 3.12. The highest BCUT2D eigenvalue weighted by Crippen LogP contribution is 2.30. The molecular weight excluding hydrogens is 352 g/mol. The quantitative estimate of drug-likeness (QED) is 0.562. The molecule has 144 valence electrons. The minimum atomic E-state index is -0.608. The van der Waals surface area contributed by atoms with E-state index in [9.17, 15) is 14.9 Å². The lowest BCUT2D eigenvalue weighted by Crippen LogP contribution is -2.27. The van der Waals surface area contributed by atoms with Gasteiger partial charge >= 0.3 is 11.8 Å². The molecule has 2 aromatic rings. The molecule has 27 heavy (non-hydrogen) atoms. The molecule has 1 heterocycles. The second kappa shape index (κ2) is 8.35. The van der Waals surface area contributed by atoms with Gasteiger partial charge in [0.05, 0.1) is 4.92 Å². The predicted molar refractivity (Wildman–Crippen MR) is 101 cm³/mol. The highest BCUT2D eigenvalue weighted by molar-refractivity contribution is 5.85. The molecule has 1 aromatic carbocycles. The number of hydrogen-bond acceptors (Lipinski definition) is 7. The van der Waals surface area contributed by atoms with Crippen LogP contribution in [0.2, 0.25) is 0 Å². The number of anilines is 2. The smallest absolute Gasteiger partial charge is 0.412 e. The Labute approximate surface area is 156 Å². The first-order valence-corrected chi connectivity index (χ1v) is 8.34. The zero-order chi connectivity index (χ0) is 20.0. The van der Waals surface area contributed by atoms with E-state index in [0.29, 0.717) is 23.7 Å². The van der Waals surface area contributed by atoms with Crippen LogP contribution in [0.1, 0.15) is 27.7 Å². The van der Waals surface area contributed by atoms with Gasteiger partial charge in [0.1, 0.15) is 23.2 Å². The molecule has 2 rings (SSSR count). The lowest BCUT2D eigenvalue weighted by Gasteiger charge is -2.19. The SMILES string of the molecule is CCNc1cc(Oc2cccc(NC(=O)OC(C)(C)C)c2)ncc1[N+](=O)[O-]. The molecule has 0 fully saturated rings. The van der Waals surface area contributed by atoms with E-state index in [1.807, 2.05) is 6.92 Å². The minimum absolute atomic E-state index is 0.135. The van der Waals surface area contributed by atoms with Gasteiger partial charge in [-0.2, -0.15) is 0 Å². The van der Waals surface area contributed by atoms with E-state index in [-0.39, 0.29) is 11.6 Å². The molecule has 0 unspecified atom stereocenters. The number of carbonyl (C=O) groups is 1. The molecule has 1 amide bonds. The summed E-state index contributed by atoms with van der Waals surface area (Å²) < 4.78 is 10.9. The first kappa shape index (κ1) is 20.0. The van der Waals surface area contributed by atoms with Gasteiger partial charge in [-0.05, 0) is 39.8 Å². The maximum absolute atomic E-state index is 11.9. The third-order valence-corrected chi connectivity index (χ3v) is 3.12. The topological polar surface area (TPSA) is 116 Å². The summed E-state index contributed by atoms with van der Waals surface area (Å²) in [7, 11) is 0. The summed E-state index contributed by atoms with van der Waals surface area (Å²) in [5, 5.41) is 16.6. The van der Waals surface area contributed by atoms with Crippen molar-refractivity contribution in [3.63, 3.8) is 0 Å². The van der Waals surface area contributed by atoms with Gasteiger partial charge in [0.25, 0.3) is 0 Å². The molecule has 0 spiro atoms. The Morgan fingerprint density at radius 3 is 2.67 bits per heavy atom. The van der Waals surface area contributed by atoms with Gasteiger partial charge in [-0.15, -0.1) is 0 Å². The molecule has 0 saturated heterocycles. The fourth-order valence-corrected chi connectivity index (χ4v) is 2.14. The van der Waals surface area contributed by atoms with Gasteiger partial charge < -0.3 is 14.8 Å². The number of nitro groups is 1. The zero-order valence-electron chi connectivity index (χ0n) is 15.6. The van der Waals surface area contributed by atoms with Crippen LogP contribution in [0.5, 0.6) is 11.6 Å². The normalized spacial score (nSPS) is 10.8. The van der Waals surface area contributed by atoms with Crippen LogP contribution in [0, 0.1) is 10.1 Å². The van der Waals surface area contributed by atoms with Gasteiger partial charge in [-0.25, -0.2) is 9.78 Å². The molecule has 9 nitrogen and oxygen atoms in total. The van der Waals surface area contributed by atoms with Crippen LogP contribution in [0.4, 0.5) is 21.9 Å². The van der Waals surface area contributed by atoms with Crippen molar-refractivity contribution in [2.24, 2.45) is 0 Å². The zero-order valence-corrected chi connectivity index (χ0v) is 15.6. The number of pyridine rings is 1. The van der Waals surface area contributed by atoms with E-state index < -0.39 is 16.6 Å². The summed E-state index contributed by atoms with van der Waals surface area (Å²) in [4.78, 5) is 26.3. The Morgan fingerprint density at radius 1 is 1.30 bits per heavy atom. The summed E-state index contributed by atoms with van der Waals surface area (Å²) >= 11 is 0. The molecule has 0 aliphatic carbocycles. The monoisotopic (exact) mass is 374 g/mol. The third kappa shape index (κ3) is 6.14. The van der Waals surface area contributed by atoms with E-state index in [1.54, 1.807) is 45.0 Å². The number of nitrogens with one attached hydrogen (secondary N) is 2. The van der Waals surface area contributed by atoms with E-state index in [1.165, 1.54) is 6.07 Å². The standard InChI is InChI=1S/C18H22N4O5/c1-5-19-14-10-16(20-11-15(14)22(24)25)26-13-8-6-7-12(9-13)21-17(23)27-18(2,3)4/h6-11H,5H2,1-4H3,(H,19,20)(H,21,23). The first-order valence-electron chi connectivity index (χ1n) is 8.34. The molecule has 1 aromatic heterocycles. The van der Waals surface area contributed by atoms with Crippen molar-refractivity contribution in [2.45, 2.75) is 33.3 Å². The van der Waals surface area contributed by atoms with Gasteiger partial charge in [0.2, 0.25) is 5.88 Å². The van der Waals surface area contributed by atoms with Crippen LogP contribution < -0.4 is 15.4 Å². The number of aromatic nitrogens is 1. The van der Waals surface area contributed by atoms with Crippen LogP contribution in [0.3, 0.4) is 0 Å². The Morgan fingerprint density at radius 2 is 2.04 bits per heavy atom. The van der Waals surface area contributed by atoms with Crippen LogP contribution in [0.25, 0.3) is 0 Å². The Balaban J connectivity index is 2.15. The average Bonchev–Trinajstić information content (AvgIpc) is 2.53. The Bertz CT molecular complexity index is 833. The van der Waals surface area contributed by atoms with E-state index >= 15 is 0 Å². The van der Waals surface area contributed by atoms with Crippen molar-refractivity contribution < 1.29 is 19.2 Å². The average molecular weight is 374 g/mol. The summed E-state index contributed by atoms with van der Waals surface area (Å²) in [6.07, 6.45) is 0.554. The lowest BCUT2D eigenvalue weighted by atomic mass is 10.2. The van der Waals surface area contributed by atoms with Gasteiger partial charge in [0, 0.05) is 24.4 Å². The molecule has 0 aliphatic heterocycles. The first-order chi connectivity index (χ1) is 12.7. The lowest BCUT2D eigenvalue weighted by molar-refractivity contribution is -0.384. The van der Waals surface area contributed by atoms with Crippen molar-refractivity contribution in [1.82, 2.24) is 4.98 Å². The molecule has 0 aliphatic rings. The minimum Gasteiger partial charge on any atom is -0.444 e. The second-order valence-corrected chi connectivity index (χ2v) is 6.58. The fourth-order valence-electron chi connectivity index (χ4n) is 2.14. The second-order valence-electron chi connectivity index (χ2n) is 6.58. The Kier molecular flexibility index (Phi) is 6.17. The van der Waals surface area contributed by atoms with Crippen molar-refractivity contribution in [2.75, 3.05) is 17.2 Å². The van der Waals surface area contributed by atoms with Crippen LogP contribution in [-0.2, 0) is 4.74 Å². The van der Waals surface area contributed by atoms with Crippen molar-refractivity contribution >= 4 is 23.2 Å². The summed E-state index contributed by atoms with van der Waals surface area (Å²) in [6.45, 7) is 7.66. The van der Waals surface area contributed by atoms with Crippen LogP contribution in [0.15, 0.2) is 36.5 Å². The summed E-state index contributed by atoms with van der Waals surface area (Å²) in [5.41, 5.74) is 0.0550. The largest absolute Gasteiger partial charge is 0.444 e. The van der Waals surface area contributed by atoms with Gasteiger partial charge in [-0.3, -0.25) is 15.4 Å². The number of ether oxygens (including phenoxy) is 2. The van der Waals surface area contributed by atoms with Gasteiger partial charge in [0.15, 0.2) is 0 Å². The predicted octanol–water partition coefficient (Wildman–Crippen LogP) is 4.56. The number of carbonyl (C=O) groups excluding carboxylic acids is 1. The molecule has 0 bridgehead atoms.